The van der Waals surface area contributed by atoms with Gasteiger partial charge in [0.15, 0.2) is 0 Å². The maximum atomic E-state index is 11.1. The summed E-state index contributed by atoms with van der Waals surface area (Å²) in [6.45, 7) is 11.5. The Morgan fingerprint density at radius 3 is 2.15 bits per heavy atom. The minimum atomic E-state index is -0.983. The molecular formula is C23H28N2O2. The van der Waals surface area contributed by atoms with Crippen molar-refractivity contribution in [3.05, 3.63) is 58.2 Å². The van der Waals surface area contributed by atoms with Crippen LogP contribution in [0.2, 0.25) is 0 Å². The zero-order chi connectivity index (χ0) is 19.6. The minimum Gasteiger partial charge on any atom is -0.478 e. The van der Waals surface area contributed by atoms with Gasteiger partial charge < -0.3 is 5.11 Å². The Morgan fingerprint density at radius 1 is 1.04 bits per heavy atom. The summed E-state index contributed by atoms with van der Waals surface area (Å²) in [6, 6.07) is 4.79. The van der Waals surface area contributed by atoms with Crippen LogP contribution in [0, 0.1) is 0 Å². The lowest BCUT2D eigenvalue weighted by Crippen LogP contribution is -2.21. The predicted octanol–water partition coefficient (Wildman–Crippen LogP) is 4.78. The first kappa shape index (κ1) is 18.1. The van der Waals surface area contributed by atoms with E-state index in [-0.39, 0.29) is 21.8 Å². The van der Waals surface area contributed by atoms with E-state index in [1.54, 1.807) is 0 Å². The Labute approximate surface area is 161 Å². The van der Waals surface area contributed by atoms with Crippen molar-refractivity contribution in [2.45, 2.75) is 76.5 Å². The van der Waals surface area contributed by atoms with Gasteiger partial charge in [-0.25, -0.2) is 14.8 Å². The van der Waals surface area contributed by atoms with Crippen LogP contribution in [0.5, 0.6) is 0 Å². The van der Waals surface area contributed by atoms with Crippen molar-refractivity contribution >= 4 is 5.97 Å². The molecule has 2 aliphatic carbocycles. The number of fused-ring (bicyclic) bond motifs is 1. The van der Waals surface area contributed by atoms with Crippen LogP contribution < -0.4 is 0 Å². The molecule has 0 unspecified atom stereocenters. The molecule has 4 nitrogen and oxygen atoms in total. The van der Waals surface area contributed by atoms with Crippen LogP contribution in [0.15, 0.2) is 24.5 Å². The van der Waals surface area contributed by atoms with Crippen molar-refractivity contribution in [1.82, 2.24) is 9.97 Å². The Kier molecular flexibility index (Phi) is 3.79. The monoisotopic (exact) mass is 364 g/mol. The van der Waals surface area contributed by atoms with E-state index < -0.39 is 5.97 Å². The molecule has 0 amide bonds. The molecule has 2 aromatic rings. The zero-order valence-corrected chi connectivity index (χ0v) is 16.9. The summed E-state index contributed by atoms with van der Waals surface area (Å²) in [5, 5.41) is 9.14. The van der Waals surface area contributed by atoms with E-state index in [1.165, 1.54) is 34.6 Å². The molecule has 1 N–H and O–H groups in total. The lowest BCUT2D eigenvalue weighted by Gasteiger charge is -2.28. The number of hydrogen-bond acceptors (Lipinski definition) is 3. The number of carboxylic acid groups (broad SMARTS) is 1. The molecule has 1 fully saturated rings. The summed E-state index contributed by atoms with van der Waals surface area (Å²) in [5.41, 5.74) is 5.93. The van der Waals surface area contributed by atoms with E-state index in [0.717, 1.165) is 31.5 Å². The second-order valence-corrected chi connectivity index (χ2v) is 9.87. The fraction of sp³-hybridized carbons (Fsp3) is 0.522. The lowest BCUT2D eigenvalue weighted by atomic mass is 9.77. The van der Waals surface area contributed by atoms with Gasteiger partial charge in [-0.2, -0.15) is 0 Å². The molecule has 0 saturated heterocycles. The SMILES string of the molecule is CC(C)(C)c1cc2c(c(C3(c4ncc(C(=O)O)cn4)CC3)c1)CCC2(C)C. The second-order valence-electron chi connectivity index (χ2n) is 9.87. The molecule has 1 heterocycles. The van der Waals surface area contributed by atoms with Crippen LogP contribution >= 0.6 is 0 Å². The fourth-order valence-electron chi connectivity index (χ4n) is 4.40. The van der Waals surface area contributed by atoms with Gasteiger partial charge in [-0.1, -0.05) is 46.8 Å². The van der Waals surface area contributed by atoms with Crippen molar-refractivity contribution in [3.8, 4) is 0 Å². The topological polar surface area (TPSA) is 63.1 Å². The first-order chi connectivity index (χ1) is 12.5. The molecule has 0 aliphatic heterocycles. The molecule has 1 saturated carbocycles. The molecule has 4 rings (SSSR count). The predicted molar refractivity (Wildman–Crippen MR) is 105 cm³/mol. The number of aromatic nitrogens is 2. The minimum absolute atomic E-state index is 0.0759. The van der Waals surface area contributed by atoms with Gasteiger partial charge in [0.25, 0.3) is 0 Å². The van der Waals surface area contributed by atoms with Gasteiger partial charge in [0.05, 0.1) is 11.0 Å². The van der Waals surface area contributed by atoms with E-state index in [0.29, 0.717) is 0 Å². The van der Waals surface area contributed by atoms with Crippen molar-refractivity contribution in [2.75, 3.05) is 0 Å². The summed E-state index contributed by atoms with van der Waals surface area (Å²) in [5.74, 6) is -0.214. The highest BCUT2D eigenvalue weighted by Gasteiger charge is 2.51. The highest BCUT2D eigenvalue weighted by Crippen LogP contribution is 2.56. The first-order valence-electron chi connectivity index (χ1n) is 9.79. The third-order valence-electron chi connectivity index (χ3n) is 6.44. The highest BCUT2D eigenvalue weighted by atomic mass is 16.4. The van der Waals surface area contributed by atoms with Gasteiger partial charge in [0.1, 0.15) is 5.82 Å². The first-order valence-corrected chi connectivity index (χ1v) is 9.79. The van der Waals surface area contributed by atoms with Gasteiger partial charge in [0, 0.05) is 12.4 Å². The van der Waals surface area contributed by atoms with E-state index in [9.17, 15) is 4.79 Å². The normalized spacial score (nSPS) is 19.6. The maximum absolute atomic E-state index is 11.1. The smallest absolute Gasteiger partial charge is 0.338 e. The van der Waals surface area contributed by atoms with Gasteiger partial charge in [-0.05, 0) is 58.8 Å². The largest absolute Gasteiger partial charge is 0.478 e. The third-order valence-corrected chi connectivity index (χ3v) is 6.44. The molecule has 27 heavy (non-hydrogen) atoms. The summed E-state index contributed by atoms with van der Waals surface area (Å²) in [4.78, 5) is 20.1. The fourth-order valence-corrected chi connectivity index (χ4v) is 4.40. The Bertz CT molecular complexity index is 917. The van der Waals surface area contributed by atoms with Crippen LogP contribution in [0.25, 0.3) is 0 Å². The summed E-state index contributed by atoms with van der Waals surface area (Å²) < 4.78 is 0. The number of hydrogen-bond donors (Lipinski definition) is 1. The number of nitrogens with zero attached hydrogens (tertiary/aromatic N) is 2. The number of benzene rings is 1. The molecule has 142 valence electrons. The number of carboxylic acids is 1. The Morgan fingerprint density at radius 2 is 1.63 bits per heavy atom. The van der Waals surface area contributed by atoms with E-state index in [2.05, 4.69) is 56.7 Å². The average molecular weight is 364 g/mol. The van der Waals surface area contributed by atoms with Crippen LogP contribution in [0.4, 0.5) is 0 Å². The summed E-state index contributed by atoms with van der Waals surface area (Å²) in [7, 11) is 0. The standard InChI is InChI=1S/C23H28N2O2/c1-21(2,3)15-10-17-16(6-7-22(17,4)5)18(11-15)23(8-9-23)20-24-12-14(13-25-20)19(26)27/h10-13H,6-9H2,1-5H3,(H,26,27). The zero-order valence-electron chi connectivity index (χ0n) is 16.9. The van der Waals surface area contributed by atoms with Crippen molar-refractivity contribution in [2.24, 2.45) is 0 Å². The molecule has 0 bridgehead atoms. The number of carbonyl (C=O) groups is 1. The highest BCUT2D eigenvalue weighted by molar-refractivity contribution is 5.86. The lowest BCUT2D eigenvalue weighted by molar-refractivity contribution is 0.0696. The molecule has 0 radical (unpaired) electrons. The molecular weight excluding hydrogens is 336 g/mol. The van der Waals surface area contributed by atoms with Gasteiger partial charge in [-0.3, -0.25) is 0 Å². The van der Waals surface area contributed by atoms with Crippen LogP contribution in [-0.2, 0) is 22.7 Å². The molecule has 1 aromatic carbocycles. The molecule has 0 atom stereocenters. The molecule has 0 spiro atoms. The molecule has 2 aliphatic rings. The Hall–Kier alpha value is -2.23. The van der Waals surface area contributed by atoms with Crippen LogP contribution in [0.3, 0.4) is 0 Å². The summed E-state index contributed by atoms with van der Waals surface area (Å²) in [6.07, 6.45) is 7.21. The number of rotatable bonds is 3. The van der Waals surface area contributed by atoms with Gasteiger partial charge in [0.2, 0.25) is 0 Å². The van der Waals surface area contributed by atoms with Crippen molar-refractivity contribution in [1.29, 1.82) is 0 Å². The van der Waals surface area contributed by atoms with E-state index in [4.69, 9.17) is 5.11 Å². The maximum Gasteiger partial charge on any atom is 0.338 e. The second kappa shape index (κ2) is 5.63. The van der Waals surface area contributed by atoms with Crippen molar-refractivity contribution in [3.63, 3.8) is 0 Å². The van der Waals surface area contributed by atoms with Gasteiger partial charge in [-0.15, -0.1) is 0 Å². The number of aromatic carboxylic acids is 1. The Balaban J connectivity index is 1.88. The van der Waals surface area contributed by atoms with Crippen molar-refractivity contribution < 1.29 is 9.90 Å². The van der Waals surface area contributed by atoms with Gasteiger partial charge >= 0.3 is 5.97 Å². The van der Waals surface area contributed by atoms with Crippen LogP contribution in [0.1, 0.15) is 92.3 Å². The molecule has 1 aromatic heterocycles. The van der Waals surface area contributed by atoms with E-state index >= 15 is 0 Å². The third kappa shape index (κ3) is 2.86. The van der Waals surface area contributed by atoms with E-state index in [1.807, 2.05) is 0 Å². The quantitative estimate of drug-likeness (QED) is 0.851. The molecule has 4 heteroatoms. The van der Waals surface area contributed by atoms with Crippen LogP contribution in [-0.4, -0.2) is 21.0 Å². The average Bonchev–Trinajstić information content (AvgIpc) is 3.34. The summed E-state index contributed by atoms with van der Waals surface area (Å²) >= 11 is 0.